The number of hydrogen-bond donors (Lipinski definition) is 0. The van der Waals surface area contributed by atoms with E-state index in [0.29, 0.717) is 30.4 Å². The topological polar surface area (TPSA) is 77.3 Å². The van der Waals surface area contributed by atoms with Crippen molar-refractivity contribution >= 4 is 17.0 Å². The highest BCUT2D eigenvalue weighted by atomic mass is 16.6. The number of nitrogens with zero attached hydrogens (tertiary/aromatic N) is 4. The van der Waals surface area contributed by atoms with Crippen molar-refractivity contribution in [3.63, 3.8) is 0 Å². The lowest BCUT2D eigenvalue weighted by atomic mass is 10.0. The van der Waals surface area contributed by atoms with Gasteiger partial charge in [0.1, 0.15) is 11.1 Å². The molecule has 1 aliphatic heterocycles. The first-order chi connectivity index (χ1) is 14.2. The van der Waals surface area contributed by atoms with E-state index < -0.39 is 5.60 Å². The Bertz CT molecular complexity index is 1150. The molecule has 1 atom stereocenters. The predicted octanol–water partition coefficient (Wildman–Crippen LogP) is 3.95. The van der Waals surface area contributed by atoms with Crippen LogP contribution in [0.15, 0.2) is 47.3 Å². The van der Waals surface area contributed by atoms with Gasteiger partial charge in [0.2, 0.25) is 0 Å². The predicted molar refractivity (Wildman–Crippen MR) is 115 cm³/mol. The van der Waals surface area contributed by atoms with Crippen molar-refractivity contribution in [3.8, 4) is 11.1 Å². The Morgan fingerprint density at radius 3 is 2.50 bits per heavy atom. The van der Waals surface area contributed by atoms with Gasteiger partial charge in [-0.15, -0.1) is 5.10 Å². The fourth-order valence-electron chi connectivity index (χ4n) is 3.65. The van der Waals surface area contributed by atoms with Crippen molar-refractivity contribution in [2.45, 2.75) is 45.8 Å². The summed E-state index contributed by atoms with van der Waals surface area (Å²) in [6, 6.07) is 13.6. The van der Waals surface area contributed by atoms with Gasteiger partial charge in [0.05, 0.1) is 11.4 Å². The Hall–Kier alpha value is -3.22. The number of rotatable bonds is 2. The summed E-state index contributed by atoms with van der Waals surface area (Å²) in [7, 11) is 0. The molecule has 1 aliphatic rings. The number of aromatic nitrogens is 3. The molecule has 30 heavy (non-hydrogen) atoms. The van der Waals surface area contributed by atoms with Gasteiger partial charge in [0.25, 0.3) is 5.56 Å². The van der Waals surface area contributed by atoms with Crippen molar-refractivity contribution in [2.75, 3.05) is 13.1 Å². The Morgan fingerprint density at radius 1 is 1.10 bits per heavy atom. The van der Waals surface area contributed by atoms with Crippen LogP contribution in [-0.2, 0) is 4.74 Å². The first-order valence-electron chi connectivity index (χ1n) is 10.2. The zero-order chi connectivity index (χ0) is 21.5. The second-order valence-electron chi connectivity index (χ2n) is 8.81. The third-order valence-electron chi connectivity index (χ3n) is 5.23. The summed E-state index contributed by atoms with van der Waals surface area (Å²) in [5, 5.41) is 8.92. The molecule has 1 amide bonds. The van der Waals surface area contributed by atoms with E-state index in [-0.39, 0.29) is 17.7 Å². The van der Waals surface area contributed by atoms with Crippen LogP contribution in [-0.4, -0.2) is 44.7 Å². The van der Waals surface area contributed by atoms with E-state index in [1.807, 2.05) is 70.2 Å². The molecule has 4 rings (SSSR count). The number of hydrogen-bond acceptors (Lipinski definition) is 5. The number of benzene rings is 2. The fraction of sp³-hybridized carbons (Fsp3) is 0.391. The van der Waals surface area contributed by atoms with E-state index in [9.17, 15) is 9.59 Å². The van der Waals surface area contributed by atoms with E-state index in [4.69, 9.17) is 4.74 Å². The summed E-state index contributed by atoms with van der Waals surface area (Å²) in [5.41, 5.74) is 3.01. The van der Waals surface area contributed by atoms with Gasteiger partial charge in [0, 0.05) is 13.1 Å². The number of likely N-dealkylation sites (tertiary alicyclic amines) is 1. The fourth-order valence-corrected chi connectivity index (χ4v) is 3.65. The molecule has 0 spiro atoms. The lowest BCUT2D eigenvalue weighted by Gasteiger charge is -2.24. The van der Waals surface area contributed by atoms with Crippen molar-refractivity contribution in [2.24, 2.45) is 0 Å². The molecule has 1 fully saturated rings. The Labute approximate surface area is 175 Å². The normalized spacial score (nSPS) is 16.8. The molecule has 0 N–H and O–H groups in total. The molecule has 2 heterocycles. The number of amides is 1. The SMILES string of the molecule is Cc1ccc(-c2ccc3nnn([C@@H]4CCN(C(=O)OC(C)(C)C)C4)c(=O)c3c2)cc1. The van der Waals surface area contributed by atoms with Crippen LogP contribution in [0.3, 0.4) is 0 Å². The number of aryl methyl sites for hydroxylation is 1. The van der Waals surface area contributed by atoms with Crippen molar-refractivity contribution in [1.82, 2.24) is 19.9 Å². The number of ether oxygens (including phenoxy) is 1. The molecule has 0 unspecified atom stereocenters. The van der Waals surface area contributed by atoms with Crippen LogP contribution in [0.4, 0.5) is 4.79 Å². The summed E-state index contributed by atoms with van der Waals surface area (Å²) < 4.78 is 6.85. The highest BCUT2D eigenvalue weighted by molar-refractivity contribution is 5.83. The van der Waals surface area contributed by atoms with Gasteiger partial charge in [-0.25, -0.2) is 9.48 Å². The summed E-state index contributed by atoms with van der Waals surface area (Å²) in [4.78, 5) is 27.1. The molecule has 1 saturated heterocycles. The summed E-state index contributed by atoms with van der Waals surface area (Å²) in [5.74, 6) is 0. The number of carbonyl (C=O) groups is 1. The summed E-state index contributed by atoms with van der Waals surface area (Å²) >= 11 is 0. The van der Waals surface area contributed by atoms with Gasteiger partial charge in [-0.2, -0.15) is 0 Å². The maximum Gasteiger partial charge on any atom is 0.410 e. The van der Waals surface area contributed by atoms with E-state index >= 15 is 0 Å². The van der Waals surface area contributed by atoms with Gasteiger partial charge in [-0.3, -0.25) is 4.79 Å². The van der Waals surface area contributed by atoms with Crippen LogP contribution in [0.2, 0.25) is 0 Å². The van der Waals surface area contributed by atoms with Crippen LogP contribution in [0.1, 0.15) is 38.8 Å². The van der Waals surface area contributed by atoms with Gasteiger partial charge >= 0.3 is 6.09 Å². The maximum absolute atomic E-state index is 13.2. The Morgan fingerprint density at radius 2 is 1.80 bits per heavy atom. The van der Waals surface area contributed by atoms with E-state index in [0.717, 1.165) is 11.1 Å². The van der Waals surface area contributed by atoms with E-state index in [1.54, 1.807) is 4.90 Å². The largest absolute Gasteiger partial charge is 0.444 e. The minimum absolute atomic E-state index is 0.190. The van der Waals surface area contributed by atoms with Gasteiger partial charge < -0.3 is 9.64 Å². The van der Waals surface area contributed by atoms with Gasteiger partial charge in [-0.05, 0) is 57.4 Å². The zero-order valence-electron chi connectivity index (χ0n) is 17.8. The molecule has 156 valence electrons. The molecular weight excluding hydrogens is 380 g/mol. The summed E-state index contributed by atoms with van der Waals surface area (Å²) in [6.45, 7) is 8.46. The highest BCUT2D eigenvalue weighted by Gasteiger charge is 2.32. The molecule has 2 aromatic carbocycles. The quantitative estimate of drug-likeness (QED) is 0.644. The third kappa shape index (κ3) is 4.06. The first-order valence-corrected chi connectivity index (χ1v) is 10.2. The first kappa shape index (κ1) is 20.1. The lowest BCUT2D eigenvalue weighted by molar-refractivity contribution is 0.0288. The van der Waals surface area contributed by atoms with Crippen LogP contribution in [0, 0.1) is 6.92 Å². The Balaban J connectivity index is 1.62. The maximum atomic E-state index is 13.2. The van der Waals surface area contributed by atoms with Gasteiger partial charge in [0.15, 0.2) is 0 Å². The average molecular weight is 406 g/mol. The van der Waals surface area contributed by atoms with Crippen LogP contribution in [0.5, 0.6) is 0 Å². The Kier molecular flexibility index (Phi) is 5.05. The minimum Gasteiger partial charge on any atom is -0.444 e. The van der Waals surface area contributed by atoms with E-state index in [2.05, 4.69) is 10.3 Å². The van der Waals surface area contributed by atoms with Crippen LogP contribution >= 0.6 is 0 Å². The number of fused-ring (bicyclic) bond motifs is 1. The van der Waals surface area contributed by atoms with E-state index in [1.165, 1.54) is 10.2 Å². The highest BCUT2D eigenvalue weighted by Crippen LogP contribution is 2.24. The van der Waals surface area contributed by atoms with Crippen molar-refractivity contribution in [3.05, 3.63) is 58.4 Å². The molecule has 0 bridgehead atoms. The molecule has 0 radical (unpaired) electrons. The number of carbonyl (C=O) groups excluding carboxylic acids is 1. The molecule has 7 heteroatoms. The average Bonchev–Trinajstić information content (AvgIpc) is 3.18. The standard InChI is InChI=1S/C23H26N4O3/c1-15-5-7-16(8-6-15)17-9-10-20-19(13-17)21(28)27(25-24-20)18-11-12-26(14-18)22(29)30-23(2,3)4/h5-10,13,18H,11-12,14H2,1-4H3/t18-/m1/s1. The second-order valence-corrected chi connectivity index (χ2v) is 8.81. The van der Waals surface area contributed by atoms with Gasteiger partial charge in [-0.1, -0.05) is 41.1 Å². The molecule has 3 aromatic rings. The van der Waals surface area contributed by atoms with Crippen molar-refractivity contribution < 1.29 is 9.53 Å². The summed E-state index contributed by atoms with van der Waals surface area (Å²) in [6.07, 6.45) is 0.269. The van der Waals surface area contributed by atoms with Crippen LogP contribution < -0.4 is 5.56 Å². The smallest absolute Gasteiger partial charge is 0.410 e. The molecule has 1 aromatic heterocycles. The molecular formula is C23H26N4O3. The zero-order valence-corrected chi connectivity index (χ0v) is 17.8. The monoisotopic (exact) mass is 406 g/mol. The molecule has 0 saturated carbocycles. The van der Waals surface area contributed by atoms with Crippen LogP contribution in [0.25, 0.3) is 22.0 Å². The van der Waals surface area contributed by atoms with Crippen molar-refractivity contribution in [1.29, 1.82) is 0 Å². The second kappa shape index (κ2) is 7.55. The lowest BCUT2D eigenvalue weighted by Crippen LogP contribution is -2.36. The molecule has 7 nitrogen and oxygen atoms in total. The molecule has 0 aliphatic carbocycles. The minimum atomic E-state index is -0.554. The third-order valence-corrected chi connectivity index (χ3v) is 5.23.